The zero-order chi connectivity index (χ0) is 20.3. The van der Waals surface area contributed by atoms with Crippen LogP contribution in [0.1, 0.15) is 41.4 Å². The summed E-state index contributed by atoms with van der Waals surface area (Å²) in [5.41, 5.74) is 2.15. The monoisotopic (exact) mass is 380 g/mol. The van der Waals surface area contributed by atoms with Crippen LogP contribution in [0.15, 0.2) is 61.2 Å². The largest absolute Gasteiger partial charge is 0.508 e. The average molecular weight is 380 g/mol. The van der Waals surface area contributed by atoms with Crippen molar-refractivity contribution in [1.29, 1.82) is 0 Å². The molecule has 0 aliphatic carbocycles. The minimum atomic E-state index is -0.936. The molecule has 1 saturated heterocycles. The molecular formula is C23H28N2O3. The maximum atomic E-state index is 11.5. The molecule has 0 radical (unpaired) electrons. The van der Waals surface area contributed by atoms with Crippen LogP contribution in [0, 0.1) is 0 Å². The van der Waals surface area contributed by atoms with Crippen LogP contribution in [-0.4, -0.2) is 57.7 Å². The molecule has 0 spiro atoms. The first-order chi connectivity index (χ1) is 13.4. The van der Waals surface area contributed by atoms with Crippen molar-refractivity contribution in [3.05, 3.63) is 77.9 Å². The summed E-state index contributed by atoms with van der Waals surface area (Å²) >= 11 is 0. The van der Waals surface area contributed by atoms with Gasteiger partial charge in [0.25, 0.3) is 0 Å². The highest BCUT2D eigenvalue weighted by Crippen LogP contribution is 2.34. The van der Waals surface area contributed by atoms with Crippen LogP contribution in [-0.2, 0) is 0 Å². The summed E-state index contributed by atoms with van der Waals surface area (Å²) in [4.78, 5) is 16.3. The number of aromatic carboxylic acids is 1. The molecule has 5 heteroatoms. The first-order valence-corrected chi connectivity index (χ1v) is 9.63. The van der Waals surface area contributed by atoms with E-state index in [1.165, 1.54) is 0 Å². The van der Waals surface area contributed by atoms with E-state index in [1.54, 1.807) is 30.3 Å². The van der Waals surface area contributed by atoms with E-state index >= 15 is 0 Å². The number of aromatic hydroxyl groups is 1. The molecule has 1 aliphatic rings. The highest BCUT2D eigenvalue weighted by molar-refractivity contribution is 5.87. The first-order valence-electron chi connectivity index (χ1n) is 9.63. The molecule has 3 unspecified atom stereocenters. The predicted octanol–water partition coefficient (Wildman–Crippen LogP) is 3.76. The lowest BCUT2D eigenvalue weighted by atomic mass is 9.92. The van der Waals surface area contributed by atoms with E-state index in [1.807, 2.05) is 24.3 Å². The second kappa shape index (κ2) is 8.59. The van der Waals surface area contributed by atoms with E-state index in [2.05, 4.69) is 30.2 Å². The zero-order valence-electron chi connectivity index (χ0n) is 16.5. The third-order valence-corrected chi connectivity index (χ3v) is 5.49. The summed E-state index contributed by atoms with van der Waals surface area (Å²) in [5, 5.41) is 19.5. The lowest BCUT2D eigenvalue weighted by Gasteiger charge is -2.47. The Balaban J connectivity index is 2.03. The number of carboxylic acid groups (broad SMARTS) is 1. The molecule has 1 aliphatic heterocycles. The third-order valence-electron chi connectivity index (χ3n) is 5.49. The van der Waals surface area contributed by atoms with Crippen molar-refractivity contribution in [2.45, 2.75) is 32.0 Å². The van der Waals surface area contributed by atoms with Crippen LogP contribution in [0.4, 0.5) is 0 Å². The lowest BCUT2D eigenvalue weighted by molar-refractivity contribution is 0.0306. The second-order valence-corrected chi connectivity index (χ2v) is 7.57. The predicted molar refractivity (Wildman–Crippen MR) is 111 cm³/mol. The smallest absolute Gasteiger partial charge is 0.335 e. The Hall–Kier alpha value is -2.63. The van der Waals surface area contributed by atoms with Crippen molar-refractivity contribution in [2.24, 2.45) is 0 Å². The first kappa shape index (κ1) is 20.1. The van der Waals surface area contributed by atoms with Gasteiger partial charge < -0.3 is 10.2 Å². The van der Waals surface area contributed by atoms with Gasteiger partial charge in [-0.05, 0) is 49.2 Å². The highest BCUT2D eigenvalue weighted by atomic mass is 16.4. The Bertz CT molecular complexity index is 851. The summed E-state index contributed by atoms with van der Waals surface area (Å²) in [7, 11) is 0. The molecule has 3 atom stereocenters. The van der Waals surface area contributed by atoms with Crippen LogP contribution in [0.2, 0.25) is 0 Å². The number of benzene rings is 2. The van der Waals surface area contributed by atoms with Gasteiger partial charge in [-0.1, -0.05) is 30.3 Å². The van der Waals surface area contributed by atoms with E-state index in [4.69, 9.17) is 0 Å². The standard InChI is InChI=1S/C23H28N2O3/c1-4-11-24-14-17(3)25(15-16(24)2)22(19-8-6-10-21(26)13-19)18-7-5-9-20(12-18)23(27)28/h4-10,12-13,16-17,22,26H,1,11,14-15H2,2-3H3,(H,27,28). The topological polar surface area (TPSA) is 64.0 Å². The van der Waals surface area contributed by atoms with E-state index in [9.17, 15) is 15.0 Å². The maximum Gasteiger partial charge on any atom is 0.335 e. The van der Waals surface area contributed by atoms with Crippen LogP contribution in [0.25, 0.3) is 0 Å². The van der Waals surface area contributed by atoms with Gasteiger partial charge in [0, 0.05) is 31.7 Å². The van der Waals surface area contributed by atoms with Gasteiger partial charge in [0.05, 0.1) is 11.6 Å². The lowest BCUT2D eigenvalue weighted by Crippen LogP contribution is -2.57. The van der Waals surface area contributed by atoms with E-state index in [0.717, 1.165) is 30.8 Å². The molecule has 1 heterocycles. The van der Waals surface area contributed by atoms with Crippen molar-refractivity contribution < 1.29 is 15.0 Å². The second-order valence-electron chi connectivity index (χ2n) is 7.57. The SMILES string of the molecule is C=CCN1CC(C)N(C(c2cccc(O)c2)c2cccc(C(=O)O)c2)CC1C. The Morgan fingerprint density at radius 1 is 1.14 bits per heavy atom. The van der Waals surface area contributed by atoms with Crippen LogP contribution in [0.3, 0.4) is 0 Å². The molecule has 0 aromatic heterocycles. The molecule has 5 nitrogen and oxygen atoms in total. The number of hydrogen-bond donors (Lipinski definition) is 2. The van der Waals surface area contributed by atoms with Crippen LogP contribution < -0.4 is 0 Å². The molecule has 2 N–H and O–H groups in total. The summed E-state index contributed by atoms with van der Waals surface area (Å²) < 4.78 is 0. The molecule has 28 heavy (non-hydrogen) atoms. The highest BCUT2D eigenvalue weighted by Gasteiger charge is 2.34. The molecule has 3 rings (SSSR count). The van der Waals surface area contributed by atoms with Crippen LogP contribution >= 0.6 is 0 Å². The third kappa shape index (κ3) is 4.26. The van der Waals surface area contributed by atoms with Gasteiger partial charge in [-0.25, -0.2) is 4.79 Å². The maximum absolute atomic E-state index is 11.5. The molecule has 2 aromatic rings. The molecule has 2 aromatic carbocycles. The van der Waals surface area contributed by atoms with E-state index in [0.29, 0.717) is 6.04 Å². The van der Waals surface area contributed by atoms with Gasteiger partial charge in [0.15, 0.2) is 0 Å². The van der Waals surface area contributed by atoms with Crippen molar-refractivity contribution >= 4 is 5.97 Å². The number of hydrogen-bond acceptors (Lipinski definition) is 4. The molecule has 148 valence electrons. The number of nitrogens with zero attached hydrogens (tertiary/aromatic N) is 2. The summed E-state index contributed by atoms with van der Waals surface area (Å²) in [6, 6.07) is 14.8. The number of rotatable bonds is 6. The molecule has 0 saturated carbocycles. The van der Waals surface area contributed by atoms with Gasteiger partial charge in [-0.3, -0.25) is 9.80 Å². The van der Waals surface area contributed by atoms with Crippen molar-refractivity contribution in [1.82, 2.24) is 9.80 Å². The molecule has 1 fully saturated rings. The number of phenols is 1. The average Bonchev–Trinajstić information content (AvgIpc) is 2.66. The van der Waals surface area contributed by atoms with Crippen molar-refractivity contribution in [3.8, 4) is 5.75 Å². The number of carbonyl (C=O) groups is 1. The summed E-state index contributed by atoms with van der Waals surface area (Å²) in [6.45, 7) is 10.9. The normalized spacial score (nSPS) is 21.9. The summed E-state index contributed by atoms with van der Waals surface area (Å²) in [6.07, 6.45) is 1.93. The molecule has 0 amide bonds. The summed E-state index contributed by atoms with van der Waals surface area (Å²) in [5.74, 6) is -0.725. The fourth-order valence-electron chi connectivity index (χ4n) is 4.12. The van der Waals surface area contributed by atoms with Gasteiger partial charge >= 0.3 is 5.97 Å². The van der Waals surface area contributed by atoms with Gasteiger partial charge in [-0.15, -0.1) is 6.58 Å². The number of piperazine rings is 1. The zero-order valence-corrected chi connectivity index (χ0v) is 16.5. The molecule has 0 bridgehead atoms. The van der Waals surface area contributed by atoms with Gasteiger partial charge in [0.1, 0.15) is 5.75 Å². The number of carboxylic acids is 1. The van der Waals surface area contributed by atoms with E-state index < -0.39 is 5.97 Å². The van der Waals surface area contributed by atoms with Gasteiger partial charge in [0.2, 0.25) is 0 Å². The Morgan fingerprint density at radius 3 is 2.46 bits per heavy atom. The van der Waals surface area contributed by atoms with Crippen LogP contribution in [0.5, 0.6) is 5.75 Å². The Labute approximate surface area is 166 Å². The van der Waals surface area contributed by atoms with Crippen molar-refractivity contribution in [3.63, 3.8) is 0 Å². The van der Waals surface area contributed by atoms with Gasteiger partial charge in [-0.2, -0.15) is 0 Å². The fraction of sp³-hybridized carbons (Fsp3) is 0.348. The number of phenolic OH excluding ortho intramolecular Hbond substituents is 1. The minimum absolute atomic E-state index is 0.130. The fourth-order valence-corrected chi connectivity index (χ4v) is 4.12. The van der Waals surface area contributed by atoms with E-state index in [-0.39, 0.29) is 23.4 Å². The Kier molecular flexibility index (Phi) is 6.17. The molecular weight excluding hydrogens is 352 g/mol. The quantitative estimate of drug-likeness (QED) is 0.747. The van der Waals surface area contributed by atoms with Crippen molar-refractivity contribution in [2.75, 3.05) is 19.6 Å². The Morgan fingerprint density at radius 2 is 1.82 bits per heavy atom. The minimum Gasteiger partial charge on any atom is -0.508 e.